The van der Waals surface area contributed by atoms with Crippen LogP contribution in [0.5, 0.6) is 0 Å². The minimum absolute atomic E-state index is 0.401. The van der Waals surface area contributed by atoms with Crippen LogP contribution in [0.15, 0.2) is 27.6 Å². The quantitative estimate of drug-likeness (QED) is 0.466. The van der Waals surface area contributed by atoms with E-state index in [-0.39, 0.29) is 0 Å². The molecule has 0 bridgehead atoms. The van der Waals surface area contributed by atoms with Gasteiger partial charge in [0.05, 0.1) is 6.26 Å². The van der Waals surface area contributed by atoms with Crippen molar-refractivity contribution in [1.29, 1.82) is 0 Å². The second kappa shape index (κ2) is 2.65. The number of hydrogen-bond acceptors (Lipinski definition) is 4. The summed E-state index contributed by atoms with van der Waals surface area (Å²) in [5.74, 6) is 0. The molecule has 1 aromatic heterocycles. The fourth-order valence-corrected chi connectivity index (χ4v) is 0.744. The molecule has 5 heteroatoms. The highest BCUT2D eigenvalue weighted by atomic mass is 35.5. The van der Waals surface area contributed by atoms with Crippen LogP contribution >= 0.6 is 11.6 Å². The fraction of sp³-hybridized carbons (Fsp3) is 0.167. The van der Waals surface area contributed by atoms with Crippen molar-refractivity contribution in [3.63, 3.8) is 0 Å². The Kier molecular flexibility index (Phi) is 1.99. The molecule has 0 amide bonds. The Bertz CT molecular complexity index is 298. The predicted octanol–water partition coefficient (Wildman–Crippen LogP) is -0.0265. The van der Waals surface area contributed by atoms with E-state index in [1.807, 2.05) is 0 Å². The highest BCUT2D eigenvalue weighted by Gasteiger charge is 2.25. The number of hydrogen-bond donors (Lipinski definition) is 2. The molecule has 60 valence electrons. The minimum Gasteiger partial charge on any atom is -0.431 e. The van der Waals surface area contributed by atoms with Gasteiger partial charge >= 0.3 is 5.63 Å². The zero-order valence-electron chi connectivity index (χ0n) is 5.32. The average molecular weight is 177 g/mol. The Balaban J connectivity index is 3.26. The summed E-state index contributed by atoms with van der Waals surface area (Å²) in [5, 5.41) is 14.8. The fourth-order valence-electron chi connectivity index (χ4n) is 0.604. The van der Waals surface area contributed by atoms with Crippen molar-refractivity contribution in [2.45, 2.75) is 5.25 Å². The molecule has 0 atom stereocenters. The van der Waals surface area contributed by atoms with E-state index in [1.165, 1.54) is 12.1 Å². The third kappa shape index (κ3) is 1.80. The maximum Gasteiger partial charge on any atom is 0.345 e. The van der Waals surface area contributed by atoms with Crippen molar-refractivity contribution in [3.05, 3.63) is 34.4 Å². The van der Waals surface area contributed by atoms with E-state index in [1.54, 1.807) is 0 Å². The lowest BCUT2D eigenvalue weighted by atomic mass is 10.3. The first kappa shape index (κ1) is 8.26. The molecule has 0 fully saturated rings. The summed E-state index contributed by atoms with van der Waals surface area (Å²) in [7, 11) is 0. The Morgan fingerprint density at radius 3 is 2.55 bits per heavy atom. The molecular formula is C6H5ClO4. The van der Waals surface area contributed by atoms with Crippen molar-refractivity contribution in [3.8, 4) is 0 Å². The van der Waals surface area contributed by atoms with Crippen LogP contribution in [0, 0.1) is 0 Å². The molecule has 1 aromatic rings. The summed E-state index contributed by atoms with van der Waals surface area (Å²) in [5.41, 5.74) is -1.27. The smallest absolute Gasteiger partial charge is 0.345 e. The number of aliphatic hydroxyl groups is 2. The zero-order valence-corrected chi connectivity index (χ0v) is 6.08. The van der Waals surface area contributed by atoms with Gasteiger partial charge in [0.25, 0.3) is 5.25 Å². The van der Waals surface area contributed by atoms with Gasteiger partial charge in [-0.25, -0.2) is 4.79 Å². The topological polar surface area (TPSA) is 70.7 Å². The van der Waals surface area contributed by atoms with Gasteiger partial charge < -0.3 is 14.6 Å². The van der Waals surface area contributed by atoms with E-state index in [4.69, 9.17) is 21.8 Å². The van der Waals surface area contributed by atoms with Gasteiger partial charge in [0.1, 0.15) is 5.56 Å². The molecule has 4 nitrogen and oxygen atoms in total. The van der Waals surface area contributed by atoms with Gasteiger partial charge in [0.2, 0.25) is 0 Å². The molecular weight excluding hydrogens is 172 g/mol. The van der Waals surface area contributed by atoms with Gasteiger partial charge in [0, 0.05) is 0 Å². The van der Waals surface area contributed by atoms with Crippen LogP contribution in [-0.4, -0.2) is 10.2 Å². The standard InChI is InChI=1S/C6H5ClO4/c7-6(9,10)4-2-1-3-11-5(4)8/h1-3,9-10H. The van der Waals surface area contributed by atoms with Crippen LogP contribution < -0.4 is 5.63 Å². The summed E-state index contributed by atoms with van der Waals surface area (Å²) in [6.45, 7) is 0. The second-order valence-corrected chi connectivity index (χ2v) is 2.43. The van der Waals surface area contributed by atoms with Crippen molar-refractivity contribution in [2.75, 3.05) is 0 Å². The lowest BCUT2D eigenvalue weighted by Gasteiger charge is -2.09. The maximum atomic E-state index is 10.7. The average Bonchev–Trinajstić information content (AvgIpc) is 1.86. The molecule has 0 aliphatic rings. The van der Waals surface area contributed by atoms with Crippen LogP contribution in [0.2, 0.25) is 0 Å². The van der Waals surface area contributed by atoms with Crippen LogP contribution in [0.1, 0.15) is 5.56 Å². The van der Waals surface area contributed by atoms with E-state index >= 15 is 0 Å². The molecule has 2 N–H and O–H groups in total. The Hall–Kier alpha value is -0.840. The third-order valence-corrected chi connectivity index (χ3v) is 1.28. The lowest BCUT2D eigenvalue weighted by molar-refractivity contribution is -0.0924. The largest absolute Gasteiger partial charge is 0.431 e. The van der Waals surface area contributed by atoms with Crippen LogP contribution in [-0.2, 0) is 5.25 Å². The SMILES string of the molecule is O=c1occcc1C(O)(O)Cl. The molecule has 1 heterocycles. The summed E-state index contributed by atoms with van der Waals surface area (Å²) in [4.78, 5) is 10.7. The summed E-state index contributed by atoms with van der Waals surface area (Å²) in [6.07, 6.45) is 1.12. The molecule has 0 spiro atoms. The molecule has 11 heavy (non-hydrogen) atoms. The van der Waals surface area contributed by atoms with Crippen LogP contribution in [0.4, 0.5) is 0 Å². The molecule has 0 aliphatic heterocycles. The molecule has 0 radical (unpaired) electrons. The van der Waals surface area contributed by atoms with E-state index in [0.29, 0.717) is 0 Å². The number of rotatable bonds is 1. The Morgan fingerprint density at radius 1 is 1.55 bits per heavy atom. The minimum atomic E-state index is -2.65. The van der Waals surface area contributed by atoms with E-state index in [9.17, 15) is 4.79 Å². The third-order valence-electron chi connectivity index (χ3n) is 1.08. The second-order valence-electron chi connectivity index (χ2n) is 1.90. The van der Waals surface area contributed by atoms with Gasteiger partial charge in [-0.3, -0.25) is 0 Å². The summed E-state index contributed by atoms with van der Waals surface area (Å²) in [6, 6.07) is 2.50. The van der Waals surface area contributed by atoms with Crippen molar-refractivity contribution >= 4 is 11.6 Å². The van der Waals surface area contributed by atoms with Crippen LogP contribution in [0.25, 0.3) is 0 Å². The Labute approximate surface area is 66.7 Å². The van der Waals surface area contributed by atoms with Crippen molar-refractivity contribution < 1.29 is 14.6 Å². The molecule has 0 saturated heterocycles. The first-order valence-electron chi connectivity index (χ1n) is 2.74. The normalized spacial score (nSPS) is 11.5. The molecule has 0 aromatic carbocycles. The highest BCUT2D eigenvalue weighted by Crippen LogP contribution is 2.17. The molecule has 0 unspecified atom stereocenters. The van der Waals surface area contributed by atoms with Crippen LogP contribution in [0.3, 0.4) is 0 Å². The molecule has 0 aliphatic carbocycles. The predicted molar refractivity (Wildman–Crippen MR) is 36.9 cm³/mol. The van der Waals surface area contributed by atoms with Gasteiger partial charge in [-0.15, -0.1) is 0 Å². The van der Waals surface area contributed by atoms with E-state index < -0.39 is 16.4 Å². The summed E-state index contributed by atoms with van der Waals surface area (Å²) < 4.78 is 4.32. The molecule has 0 saturated carbocycles. The number of alkyl halides is 1. The highest BCUT2D eigenvalue weighted by molar-refractivity contribution is 6.21. The maximum absolute atomic E-state index is 10.7. The first-order chi connectivity index (χ1) is 5.02. The van der Waals surface area contributed by atoms with Gasteiger partial charge in [-0.1, -0.05) is 11.6 Å². The Morgan fingerprint density at radius 2 is 2.18 bits per heavy atom. The van der Waals surface area contributed by atoms with Gasteiger partial charge in [-0.2, -0.15) is 0 Å². The monoisotopic (exact) mass is 176 g/mol. The number of halogens is 1. The zero-order chi connectivity index (χ0) is 8.48. The van der Waals surface area contributed by atoms with Crippen molar-refractivity contribution in [1.82, 2.24) is 0 Å². The summed E-state index contributed by atoms with van der Waals surface area (Å²) >= 11 is 5.01. The van der Waals surface area contributed by atoms with E-state index in [0.717, 1.165) is 6.26 Å². The van der Waals surface area contributed by atoms with Crippen molar-refractivity contribution in [2.24, 2.45) is 0 Å². The van der Waals surface area contributed by atoms with E-state index in [2.05, 4.69) is 4.42 Å². The van der Waals surface area contributed by atoms with Gasteiger partial charge in [0.15, 0.2) is 0 Å². The van der Waals surface area contributed by atoms with Gasteiger partial charge in [-0.05, 0) is 12.1 Å². The molecule has 1 rings (SSSR count). The lowest BCUT2D eigenvalue weighted by Crippen LogP contribution is -2.24. The first-order valence-corrected chi connectivity index (χ1v) is 3.11.